The molecular weight excluding hydrogens is 370 g/mol. The highest BCUT2D eigenvalue weighted by Crippen LogP contribution is 2.24. The van der Waals surface area contributed by atoms with Crippen LogP contribution in [0.25, 0.3) is 10.6 Å². The van der Waals surface area contributed by atoms with E-state index in [-0.39, 0.29) is 12.3 Å². The van der Waals surface area contributed by atoms with Crippen LogP contribution in [0.4, 0.5) is 0 Å². The molecule has 0 atom stereocenters. The molecule has 0 fully saturated rings. The lowest BCUT2D eigenvalue weighted by atomic mass is 10.2. The van der Waals surface area contributed by atoms with Crippen LogP contribution in [0.3, 0.4) is 0 Å². The smallest absolute Gasteiger partial charge is 0.226 e. The van der Waals surface area contributed by atoms with Crippen LogP contribution in [0.5, 0.6) is 5.88 Å². The molecule has 28 heavy (non-hydrogen) atoms. The highest BCUT2D eigenvalue weighted by molar-refractivity contribution is 7.13. The van der Waals surface area contributed by atoms with Crippen LogP contribution in [-0.4, -0.2) is 22.5 Å². The number of rotatable bonds is 9. The zero-order valence-corrected chi connectivity index (χ0v) is 17.1. The number of aromatic nitrogens is 2. The van der Waals surface area contributed by atoms with Crippen LogP contribution < -0.4 is 10.1 Å². The molecule has 0 aliphatic rings. The Morgan fingerprint density at radius 2 is 2.04 bits per heavy atom. The summed E-state index contributed by atoms with van der Waals surface area (Å²) in [6, 6.07) is 12.0. The number of carbonyl (C=O) groups is 1. The van der Waals surface area contributed by atoms with Gasteiger partial charge in [-0.25, -0.2) is 9.97 Å². The number of aryl methyl sites for hydroxylation is 1. The number of nitrogens with one attached hydrogen (secondary N) is 1. The summed E-state index contributed by atoms with van der Waals surface area (Å²) in [6.45, 7) is 5.20. The maximum atomic E-state index is 12.3. The molecule has 1 N–H and O–H groups in total. The van der Waals surface area contributed by atoms with Gasteiger partial charge in [-0.1, -0.05) is 49.2 Å². The third-order valence-corrected chi connectivity index (χ3v) is 5.19. The zero-order chi connectivity index (χ0) is 19.8. The molecular formula is C22H25N3O2S. The van der Waals surface area contributed by atoms with Gasteiger partial charge in [0.1, 0.15) is 5.01 Å². The summed E-state index contributed by atoms with van der Waals surface area (Å²) in [6.07, 6.45) is 4.01. The number of pyridine rings is 1. The van der Waals surface area contributed by atoms with Gasteiger partial charge in [0.25, 0.3) is 0 Å². The summed E-state index contributed by atoms with van der Waals surface area (Å²) < 4.78 is 5.72. The number of hydrogen-bond donors (Lipinski definition) is 1. The molecule has 0 bridgehead atoms. The second-order valence-corrected chi connectivity index (χ2v) is 7.49. The molecule has 0 unspecified atom stereocenters. The third-order valence-electron chi connectivity index (χ3n) is 4.25. The quantitative estimate of drug-likeness (QED) is 0.540. The summed E-state index contributed by atoms with van der Waals surface area (Å²) in [7, 11) is 0. The number of unbranched alkanes of at least 4 members (excludes halogenated alkanes) is 1. The molecule has 0 radical (unpaired) electrons. The molecule has 3 aromatic rings. The van der Waals surface area contributed by atoms with Gasteiger partial charge in [0.2, 0.25) is 11.8 Å². The summed E-state index contributed by atoms with van der Waals surface area (Å²) in [5.41, 5.74) is 3.95. The lowest BCUT2D eigenvalue weighted by Crippen LogP contribution is -2.25. The molecule has 2 heterocycles. The van der Waals surface area contributed by atoms with Crippen molar-refractivity contribution in [2.75, 3.05) is 6.61 Å². The molecule has 0 aliphatic carbocycles. The Morgan fingerprint density at radius 3 is 2.82 bits per heavy atom. The fourth-order valence-corrected chi connectivity index (χ4v) is 3.47. The lowest BCUT2D eigenvalue weighted by molar-refractivity contribution is -0.120. The fourth-order valence-electron chi connectivity index (χ4n) is 2.64. The minimum absolute atomic E-state index is 0.0656. The van der Waals surface area contributed by atoms with E-state index in [2.05, 4.69) is 53.4 Å². The van der Waals surface area contributed by atoms with E-state index in [9.17, 15) is 4.79 Å². The monoisotopic (exact) mass is 395 g/mol. The summed E-state index contributed by atoms with van der Waals surface area (Å²) >= 11 is 1.56. The minimum atomic E-state index is -0.0656. The Labute approximate surface area is 169 Å². The van der Waals surface area contributed by atoms with E-state index in [1.165, 1.54) is 5.56 Å². The molecule has 1 aromatic carbocycles. The number of nitrogens with zero attached hydrogens (tertiary/aromatic N) is 2. The summed E-state index contributed by atoms with van der Waals surface area (Å²) in [5, 5.41) is 5.82. The number of thiazole rings is 1. The predicted molar refractivity (Wildman–Crippen MR) is 112 cm³/mol. The molecule has 6 heteroatoms. The van der Waals surface area contributed by atoms with E-state index >= 15 is 0 Å². The Hall–Kier alpha value is -2.73. The molecule has 2 aromatic heterocycles. The fraction of sp³-hybridized carbons (Fsp3) is 0.318. The molecule has 146 valence electrons. The molecule has 0 saturated heterocycles. The van der Waals surface area contributed by atoms with E-state index in [1.807, 2.05) is 17.5 Å². The average Bonchev–Trinajstić information content (AvgIpc) is 3.16. The minimum Gasteiger partial charge on any atom is -0.477 e. The molecule has 0 saturated carbocycles. The highest BCUT2D eigenvalue weighted by atomic mass is 32.1. The standard InChI is InChI=1S/C22H25N3O2S/c1-3-4-12-27-21-18(6-5-11-23-21)14-24-20(26)13-19-15-28-22(25-19)17-9-7-16(2)8-10-17/h5-11,15H,3-4,12-14H2,1-2H3,(H,24,26). The number of carbonyl (C=O) groups excluding carboxylic acids is 1. The van der Waals surface area contributed by atoms with Crippen molar-refractivity contribution >= 4 is 17.2 Å². The van der Waals surface area contributed by atoms with E-state index < -0.39 is 0 Å². The normalized spacial score (nSPS) is 10.6. The van der Waals surface area contributed by atoms with Gasteiger partial charge in [0.15, 0.2) is 0 Å². The lowest BCUT2D eigenvalue weighted by Gasteiger charge is -2.10. The van der Waals surface area contributed by atoms with Gasteiger partial charge in [-0.05, 0) is 19.4 Å². The van der Waals surface area contributed by atoms with Crippen molar-refractivity contribution in [3.8, 4) is 16.5 Å². The van der Waals surface area contributed by atoms with Gasteiger partial charge in [0.05, 0.1) is 18.7 Å². The second kappa shape index (κ2) is 9.99. The Morgan fingerprint density at radius 1 is 1.21 bits per heavy atom. The van der Waals surface area contributed by atoms with Crippen LogP contribution >= 0.6 is 11.3 Å². The Balaban J connectivity index is 1.55. The van der Waals surface area contributed by atoms with Gasteiger partial charge in [-0.3, -0.25) is 4.79 Å². The van der Waals surface area contributed by atoms with Gasteiger partial charge in [-0.2, -0.15) is 0 Å². The summed E-state index contributed by atoms with van der Waals surface area (Å²) in [4.78, 5) is 21.2. The Kier molecular flexibility index (Phi) is 7.14. The van der Waals surface area contributed by atoms with Crippen molar-refractivity contribution in [1.82, 2.24) is 15.3 Å². The number of hydrogen-bond acceptors (Lipinski definition) is 5. The van der Waals surface area contributed by atoms with Crippen LogP contribution in [0.1, 0.15) is 36.6 Å². The molecule has 3 rings (SSSR count). The first-order valence-corrected chi connectivity index (χ1v) is 10.4. The highest BCUT2D eigenvalue weighted by Gasteiger charge is 2.11. The van der Waals surface area contributed by atoms with Crippen molar-refractivity contribution in [3.05, 3.63) is 64.8 Å². The van der Waals surface area contributed by atoms with Crippen molar-refractivity contribution in [2.24, 2.45) is 0 Å². The van der Waals surface area contributed by atoms with Gasteiger partial charge < -0.3 is 10.1 Å². The zero-order valence-electron chi connectivity index (χ0n) is 16.3. The van der Waals surface area contributed by atoms with Crippen molar-refractivity contribution in [2.45, 2.75) is 39.7 Å². The maximum Gasteiger partial charge on any atom is 0.226 e. The predicted octanol–water partition coefficient (Wildman–Crippen LogP) is 4.55. The van der Waals surface area contributed by atoms with Crippen LogP contribution in [0, 0.1) is 6.92 Å². The first-order chi connectivity index (χ1) is 13.7. The van der Waals surface area contributed by atoms with Gasteiger partial charge >= 0.3 is 0 Å². The number of benzene rings is 1. The number of ether oxygens (including phenoxy) is 1. The number of amides is 1. The molecule has 1 amide bonds. The Bertz CT molecular complexity index is 906. The van der Waals surface area contributed by atoms with Crippen molar-refractivity contribution < 1.29 is 9.53 Å². The van der Waals surface area contributed by atoms with E-state index in [0.717, 1.165) is 34.7 Å². The average molecular weight is 396 g/mol. The van der Waals surface area contributed by atoms with Crippen LogP contribution in [-0.2, 0) is 17.8 Å². The van der Waals surface area contributed by atoms with E-state index in [4.69, 9.17) is 4.74 Å². The first-order valence-electron chi connectivity index (χ1n) is 9.50. The third kappa shape index (κ3) is 5.63. The SMILES string of the molecule is CCCCOc1ncccc1CNC(=O)Cc1csc(-c2ccc(C)cc2)n1. The second-order valence-electron chi connectivity index (χ2n) is 6.63. The topological polar surface area (TPSA) is 64.1 Å². The summed E-state index contributed by atoms with van der Waals surface area (Å²) in [5.74, 6) is 0.524. The van der Waals surface area contributed by atoms with Crippen LogP contribution in [0.2, 0.25) is 0 Å². The van der Waals surface area contributed by atoms with Crippen molar-refractivity contribution in [3.63, 3.8) is 0 Å². The molecule has 0 spiro atoms. The molecule has 5 nitrogen and oxygen atoms in total. The van der Waals surface area contributed by atoms with Gasteiger partial charge in [0, 0.05) is 29.2 Å². The van der Waals surface area contributed by atoms with Crippen LogP contribution in [0.15, 0.2) is 48.0 Å². The molecule has 0 aliphatic heterocycles. The first kappa shape index (κ1) is 20.0. The van der Waals surface area contributed by atoms with Crippen molar-refractivity contribution in [1.29, 1.82) is 0 Å². The maximum absolute atomic E-state index is 12.3. The van der Waals surface area contributed by atoms with Gasteiger partial charge in [-0.15, -0.1) is 11.3 Å². The van der Waals surface area contributed by atoms with E-state index in [1.54, 1.807) is 17.5 Å². The van der Waals surface area contributed by atoms with E-state index in [0.29, 0.717) is 19.0 Å². The largest absolute Gasteiger partial charge is 0.477 e.